The Hall–Kier alpha value is -3.60. The minimum Gasteiger partial charge on any atom is -0.493 e. The van der Waals surface area contributed by atoms with Crippen LogP contribution in [0, 0.1) is 0 Å². The Bertz CT molecular complexity index is 1130. The van der Waals surface area contributed by atoms with Gasteiger partial charge in [0.15, 0.2) is 17.2 Å². The Morgan fingerprint density at radius 2 is 1.86 bits per heavy atom. The molecule has 0 radical (unpaired) electrons. The molecule has 1 aliphatic rings. The molecule has 1 aliphatic heterocycles. The number of fused-ring (bicyclic) bond motifs is 1. The van der Waals surface area contributed by atoms with E-state index < -0.39 is 5.97 Å². The number of hydrogen-bond acceptors (Lipinski definition) is 5. The zero-order valence-corrected chi connectivity index (χ0v) is 16.3. The number of ether oxygens (including phenoxy) is 3. The molecule has 0 spiro atoms. The Labute approximate surface area is 169 Å². The van der Waals surface area contributed by atoms with Crippen molar-refractivity contribution < 1.29 is 19.0 Å². The topological polar surface area (TPSA) is 57.1 Å². The van der Waals surface area contributed by atoms with E-state index in [1.165, 1.54) is 0 Å². The molecule has 3 aromatic carbocycles. The van der Waals surface area contributed by atoms with Crippen LogP contribution in [-0.4, -0.2) is 25.6 Å². The van der Waals surface area contributed by atoms with E-state index in [2.05, 4.69) is 4.99 Å². The molecular weight excluding hydrogens is 366 g/mol. The first-order valence-corrected chi connectivity index (χ1v) is 9.51. The van der Waals surface area contributed by atoms with Gasteiger partial charge in [-0.15, -0.1) is 0 Å². The summed E-state index contributed by atoms with van der Waals surface area (Å²) in [5, 5.41) is 2.05. The minimum atomic E-state index is -0.474. The summed E-state index contributed by atoms with van der Waals surface area (Å²) in [4.78, 5) is 16.8. The summed E-state index contributed by atoms with van der Waals surface area (Å²) in [5.41, 5.74) is 1.82. The highest BCUT2D eigenvalue weighted by atomic mass is 16.6. The predicted molar refractivity (Wildman–Crippen MR) is 113 cm³/mol. The monoisotopic (exact) mass is 387 g/mol. The van der Waals surface area contributed by atoms with Gasteiger partial charge in [0.2, 0.25) is 5.90 Å². The first kappa shape index (κ1) is 18.7. The second-order valence-corrected chi connectivity index (χ2v) is 6.62. The Balaban J connectivity index is 1.68. The van der Waals surface area contributed by atoms with Gasteiger partial charge in [0.25, 0.3) is 0 Å². The van der Waals surface area contributed by atoms with Crippen LogP contribution in [0.15, 0.2) is 71.4 Å². The fourth-order valence-corrected chi connectivity index (χ4v) is 3.20. The normalized spacial score (nSPS) is 14.8. The van der Waals surface area contributed by atoms with E-state index in [-0.39, 0.29) is 5.70 Å². The molecule has 0 N–H and O–H groups in total. The molecule has 29 heavy (non-hydrogen) atoms. The number of cyclic esters (lactones) is 1. The van der Waals surface area contributed by atoms with E-state index in [1.807, 2.05) is 67.6 Å². The third-order valence-electron chi connectivity index (χ3n) is 4.59. The highest BCUT2D eigenvalue weighted by Crippen LogP contribution is 2.30. The molecule has 0 bridgehead atoms. The maximum atomic E-state index is 12.4. The van der Waals surface area contributed by atoms with Crippen LogP contribution in [-0.2, 0) is 9.53 Å². The summed E-state index contributed by atoms with van der Waals surface area (Å²) < 4.78 is 16.5. The van der Waals surface area contributed by atoms with Crippen molar-refractivity contribution in [3.63, 3.8) is 0 Å². The summed E-state index contributed by atoms with van der Waals surface area (Å²) >= 11 is 0. The third-order valence-corrected chi connectivity index (χ3v) is 4.59. The number of esters is 1. The maximum absolute atomic E-state index is 12.4. The van der Waals surface area contributed by atoms with Gasteiger partial charge < -0.3 is 14.2 Å². The molecule has 0 amide bonds. The van der Waals surface area contributed by atoms with Crippen molar-refractivity contribution in [2.75, 3.05) is 13.7 Å². The summed E-state index contributed by atoms with van der Waals surface area (Å²) in [5.74, 6) is 1.12. The van der Waals surface area contributed by atoms with Crippen molar-refractivity contribution >= 4 is 28.7 Å². The molecule has 0 saturated heterocycles. The van der Waals surface area contributed by atoms with Gasteiger partial charge in [-0.2, -0.15) is 0 Å². The zero-order chi connectivity index (χ0) is 20.2. The van der Waals surface area contributed by atoms with Gasteiger partial charge >= 0.3 is 5.97 Å². The number of benzene rings is 3. The number of hydrogen-bond donors (Lipinski definition) is 0. The molecule has 0 fully saturated rings. The van der Waals surface area contributed by atoms with Crippen molar-refractivity contribution in [3.05, 3.63) is 77.5 Å². The number of methoxy groups -OCH3 is 1. The predicted octanol–water partition coefficient (Wildman–Crippen LogP) is 4.98. The van der Waals surface area contributed by atoms with Crippen LogP contribution < -0.4 is 9.47 Å². The van der Waals surface area contributed by atoms with Crippen molar-refractivity contribution in [2.24, 2.45) is 4.99 Å². The van der Waals surface area contributed by atoms with Crippen molar-refractivity contribution in [3.8, 4) is 11.5 Å². The molecule has 3 aromatic rings. The first-order chi connectivity index (χ1) is 14.2. The number of carbonyl (C=O) groups excluding carboxylic acids is 1. The fraction of sp³-hybridized carbons (Fsp3) is 0.167. The van der Waals surface area contributed by atoms with E-state index in [0.717, 1.165) is 28.3 Å². The Morgan fingerprint density at radius 1 is 1.03 bits per heavy atom. The molecule has 4 rings (SSSR count). The number of aliphatic imine (C=N–C) groups is 1. The van der Waals surface area contributed by atoms with Crippen LogP contribution in [0.25, 0.3) is 16.8 Å². The second-order valence-electron chi connectivity index (χ2n) is 6.62. The van der Waals surface area contributed by atoms with Gasteiger partial charge in [0.1, 0.15) is 0 Å². The average molecular weight is 387 g/mol. The maximum Gasteiger partial charge on any atom is 0.363 e. The molecule has 5 nitrogen and oxygen atoms in total. The van der Waals surface area contributed by atoms with E-state index >= 15 is 0 Å². The van der Waals surface area contributed by atoms with Gasteiger partial charge in [-0.3, -0.25) is 0 Å². The number of carbonyl (C=O) groups is 1. The van der Waals surface area contributed by atoms with Gasteiger partial charge in [0, 0.05) is 5.56 Å². The van der Waals surface area contributed by atoms with E-state index in [4.69, 9.17) is 14.2 Å². The van der Waals surface area contributed by atoms with Gasteiger partial charge in [0.05, 0.1) is 13.7 Å². The standard InChI is InChI=1S/C24H21NO4/c1-3-13-28-21-12-11-16(15-22(21)27-2)14-20-24(26)29-23(25-20)19-10-6-8-17-7-4-5-9-18(17)19/h4-12,14-15H,3,13H2,1-2H3. The molecule has 0 atom stereocenters. The van der Waals surface area contributed by atoms with Crippen LogP contribution in [0.1, 0.15) is 24.5 Å². The second kappa shape index (κ2) is 8.19. The van der Waals surface area contributed by atoms with Gasteiger partial charge in [-0.1, -0.05) is 49.4 Å². The molecule has 5 heteroatoms. The minimum absolute atomic E-state index is 0.247. The van der Waals surface area contributed by atoms with E-state index in [9.17, 15) is 4.79 Å². The third kappa shape index (κ3) is 3.85. The lowest BCUT2D eigenvalue weighted by atomic mass is 10.0. The summed E-state index contributed by atoms with van der Waals surface area (Å²) in [7, 11) is 1.59. The van der Waals surface area contributed by atoms with E-state index in [0.29, 0.717) is 24.0 Å². The number of rotatable bonds is 6. The molecule has 0 aliphatic carbocycles. The van der Waals surface area contributed by atoms with Crippen molar-refractivity contribution in [2.45, 2.75) is 13.3 Å². The SMILES string of the molecule is CCCOc1ccc(C=C2N=C(c3cccc4ccccc34)OC2=O)cc1OC. The molecular formula is C24H21NO4. The Kier molecular flexibility index (Phi) is 5.29. The lowest BCUT2D eigenvalue weighted by molar-refractivity contribution is -0.129. The molecule has 0 unspecified atom stereocenters. The molecule has 0 aromatic heterocycles. The van der Waals surface area contributed by atoms with Crippen LogP contribution in [0.2, 0.25) is 0 Å². The van der Waals surface area contributed by atoms with Crippen LogP contribution in [0.5, 0.6) is 11.5 Å². The van der Waals surface area contributed by atoms with E-state index in [1.54, 1.807) is 13.2 Å². The summed E-state index contributed by atoms with van der Waals surface area (Å²) in [6.07, 6.45) is 2.60. The van der Waals surface area contributed by atoms with Crippen LogP contribution >= 0.6 is 0 Å². The molecule has 1 heterocycles. The lowest BCUT2D eigenvalue weighted by Gasteiger charge is -2.10. The Morgan fingerprint density at radius 3 is 2.69 bits per heavy atom. The first-order valence-electron chi connectivity index (χ1n) is 9.51. The molecule has 0 saturated carbocycles. The van der Waals surface area contributed by atoms with Crippen molar-refractivity contribution in [1.82, 2.24) is 0 Å². The van der Waals surface area contributed by atoms with Gasteiger partial charge in [-0.05, 0) is 47.0 Å². The largest absolute Gasteiger partial charge is 0.493 e. The lowest BCUT2D eigenvalue weighted by Crippen LogP contribution is -2.05. The van der Waals surface area contributed by atoms with Crippen LogP contribution in [0.3, 0.4) is 0 Å². The summed E-state index contributed by atoms with van der Waals surface area (Å²) in [6.45, 7) is 2.66. The average Bonchev–Trinajstić information content (AvgIpc) is 3.12. The zero-order valence-electron chi connectivity index (χ0n) is 16.3. The fourth-order valence-electron chi connectivity index (χ4n) is 3.20. The van der Waals surface area contributed by atoms with Crippen molar-refractivity contribution in [1.29, 1.82) is 0 Å². The highest BCUT2D eigenvalue weighted by molar-refractivity contribution is 6.17. The van der Waals surface area contributed by atoms with Crippen LogP contribution in [0.4, 0.5) is 0 Å². The van der Waals surface area contributed by atoms with Gasteiger partial charge in [-0.25, -0.2) is 9.79 Å². The quantitative estimate of drug-likeness (QED) is 0.442. The highest BCUT2D eigenvalue weighted by Gasteiger charge is 2.25. The smallest absolute Gasteiger partial charge is 0.363 e. The summed E-state index contributed by atoms with van der Waals surface area (Å²) in [6, 6.07) is 19.3. The molecule has 146 valence electrons. The number of nitrogens with zero attached hydrogens (tertiary/aromatic N) is 1.